The average molecular weight is 238 g/mol. The van der Waals surface area contributed by atoms with Gasteiger partial charge in [0.15, 0.2) is 0 Å². The van der Waals surface area contributed by atoms with E-state index >= 15 is 0 Å². The van der Waals surface area contributed by atoms with Crippen molar-refractivity contribution in [2.75, 3.05) is 0 Å². The summed E-state index contributed by atoms with van der Waals surface area (Å²) in [6.07, 6.45) is 4.35. The van der Waals surface area contributed by atoms with Crippen LogP contribution in [0.1, 0.15) is 59.8 Å². The van der Waals surface area contributed by atoms with Crippen molar-refractivity contribution in [3.63, 3.8) is 0 Å². The highest BCUT2D eigenvalue weighted by Crippen LogP contribution is 2.76. The highest BCUT2D eigenvalue weighted by molar-refractivity contribution is 5.77. The molecule has 0 radical (unpaired) electrons. The SMILES string of the molecule is CC(=O)CC12CC(CC(=O)OC(C)(C)C)(C1)C2. The molecular weight excluding hydrogens is 216 g/mol. The number of ketones is 1. The third kappa shape index (κ3) is 2.53. The normalized spacial score (nSPS) is 34.6. The molecule has 0 aliphatic heterocycles. The summed E-state index contributed by atoms with van der Waals surface area (Å²) in [7, 11) is 0. The number of hydrogen-bond donors (Lipinski definition) is 0. The summed E-state index contributed by atoms with van der Waals surface area (Å²) in [5.41, 5.74) is 0.0450. The van der Waals surface area contributed by atoms with E-state index in [1.807, 2.05) is 20.8 Å². The minimum atomic E-state index is -0.391. The van der Waals surface area contributed by atoms with E-state index in [-0.39, 0.29) is 22.6 Å². The van der Waals surface area contributed by atoms with Gasteiger partial charge >= 0.3 is 5.97 Å². The van der Waals surface area contributed by atoms with E-state index in [4.69, 9.17) is 4.74 Å². The Hall–Kier alpha value is -0.860. The summed E-state index contributed by atoms with van der Waals surface area (Å²) in [4.78, 5) is 22.8. The molecule has 17 heavy (non-hydrogen) atoms. The standard InChI is InChI=1S/C14H22O3/c1-10(15)5-13-7-14(8-13,9-13)6-11(16)17-12(2,3)4/h5-9H2,1-4H3. The smallest absolute Gasteiger partial charge is 0.306 e. The number of hydrogen-bond acceptors (Lipinski definition) is 3. The quantitative estimate of drug-likeness (QED) is 0.707. The molecule has 3 aliphatic rings. The predicted octanol–water partition coefficient (Wildman–Crippen LogP) is 2.87. The van der Waals surface area contributed by atoms with Crippen LogP contribution in [0.25, 0.3) is 0 Å². The second-order valence-electron chi connectivity index (χ2n) is 7.17. The molecule has 0 saturated heterocycles. The summed E-state index contributed by atoms with van der Waals surface area (Å²) in [5.74, 6) is 0.184. The van der Waals surface area contributed by atoms with Crippen molar-refractivity contribution in [3.8, 4) is 0 Å². The molecule has 0 unspecified atom stereocenters. The molecule has 0 aromatic carbocycles. The number of esters is 1. The first-order chi connectivity index (χ1) is 7.64. The molecular formula is C14H22O3. The van der Waals surface area contributed by atoms with Gasteiger partial charge in [0.25, 0.3) is 0 Å². The number of carbonyl (C=O) groups excluding carboxylic acids is 2. The van der Waals surface area contributed by atoms with Crippen molar-refractivity contribution in [1.82, 2.24) is 0 Å². The van der Waals surface area contributed by atoms with Crippen LogP contribution in [-0.4, -0.2) is 17.4 Å². The summed E-state index contributed by atoms with van der Waals surface area (Å²) >= 11 is 0. The van der Waals surface area contributed by atoms with Gasteiger partial charge < -0.3 is 9.53 Å². The maximum atomic E-state index is 11.7. The maximum Gasteiger partial charge on any atom is 0.306 e. The van der Waals surface area contributed by atoms with Gasteiger partial charge in [-0.15, -0.1) is 0 Å². The molecule has 3 saturated carbocycles. The molecule has 3 heteroatoms. The Bertz CT molecular complexity index is 342. The van der Waals surface area contributed by atoms with E-state index in [2.05, 4.69) is 0 Å². The first-order valence-electron chi connectivity index (χ1n) is 6.35. The van der Waals surface area contributed by atoms with Crippen molar-refractivity contribution in [3.05, 3.63) is 0 Å². The second-order valence-corrected chi connectivity index (χ2v) is 7.17. The lowest BCUT2D eigenvalue weighted by atomic mass is 9.33. The van der Waals surface area contributed by atoms with Crippen LogP contribution in [0.3, 0.4) is 0 Å². The fourth-order valence-electron chi connectivity index (χ4n) is 3.82. The monoisotopic (exact) mass is 238 g/mol. The topological polar surface area (TPSA) is 43.4 Å². The van der Waals surface area contributed by atoms with Crippen molar-refractivity contribution in [1.29, 1.82) is 0 Å². The van der Waals surface area contributed by atoms with Crippen molar-refractivity contribution < 1.29 is 14.3 Å². The van der Waals surface area contributed by atoms with E-state index in [0.717, 1.165) is 19.3 Å². The molecule has 0 amide bonds. The Labute approximate surface area is 103 Å². The van der Waals surface area contributed by atoms with E-state index in [1.165, 1.54) is 0 Å². The third-order valence-corrected chi connectivity index (χ3v) is 3.81. The zero-order valence-corrected chi connectivity index (χ0v) is 11.3. The van der Waals surface area contributed by atoms with Crippen LogP contribution >= 0.6 is 0 Å². The molecule has 3 rings (SSSR count). The predicted molar refractivity (Wildman–Crippen MR) is 64.5 cm³/mol. The molecule has 3 nitrogen and oxygen atoms in total. The Kier molecular flexibility index (Phi) is 2.64. The molecule has 0 N–H and O–H groups in total. The van der Waals surface area contributed by atoms with Gasteiger partial charge in [-0.25, -0.2) is 0 Å². The Morgan fingerprint density at radius 2 is 1.53 bits per heavy atom. The van der Waals surface area contributed by atoms with Crippen LogP contribution < -0.4 is 0 Å². The largest absolute Gasteiger partial charge is 0.460 e. The molecule has 0 spiro atoms. The Morgan fingerprint density at radius 3 is 1.94 bits per heavy atom. The molecule has 0 aromatic rings. The van der Waals surface area contributed by atoms with Crippen LogP contribution in [0.15, 0.2) is 0 Å². The van der Waals surface area contributed by atoms with Gasteiger partial charge in [0.2, 0.25) is 0 Å². The number of carbonyl (C=O) groups is 2. The molecule has 96 valence electrons. The Balaban J connectivity index is 1.78. The van der Waals surface area contributed by atoms with Crippen LogP contribution in [-0.2, 0) is 14.3 Å². The zero-order valence-electron chi connectivity index (χ0n) is 11.3. The molecule has 0 heterocycles. The molecule has 3 fully saturated rings. The minimum absolute atomic E-state index is 0.0892. The summed E-state index contributed by atoms with van der Waals surface area (Å²) in [6.45, 7) is 7.33. The number of rotatable bonds is 4. The highest BCUT2D eigenvalue weighted by atomic mass is 16.6. The summed E-state index contributed by atoms with van der Waals surface area (Å²) in [6, 6.07) is 0. The first-order valence-corrected chi connectivity index (χ1v) is 6.35. The van der Waals surface area contributed by atoms with E-state index in [0.29, 0.717) is 12.8 Å². The van der Waals surface area contributed by atoms with E-state index in [9.17, 15) is 9.59 Å². The summed E-state index contributed by atoms with van der Waals surface area (Å²) < 4.78 is 5.34. The zero-order chi connectivity index (χ0) is 12.9. The van der Waals surface area contributed by atoms with Gasteiger partial charge in [0.1, 0.15) is 11.4 Å². The van der Waals surface area contributed by atoms with Crippen molar-refractivity contribution >= 4 is 11.8 Å². The average Bonchev–Trinajstić information content (AvgIpc) is 1.92. The van der Waals surface area contributed by atoms with E-state index < -0.39 is 5.60 Å². The van der Waals surface area contributed by atoms with Crippen LogP contribution in [0.2, 0.25) is 0 Å². The Morgan fingerprint density at radius 1 is 1.06 bits per heavy atom. The third-order valence-electron chi connectivity index (χ3n) is 3.81. The van der Waals surface area contributed by atoms with Crippen LogP contribution in [0.4, 0.5) is 0 Å². The molecule has 0 aromatic heterocycles. The van der Waals surface area contributed by atoms with Crippen LogP contribution in [0.5, 0.6) is 0 Å². The first kappa shape index (κ1) is 12.6. The van der Waals surface area contributed by atoms with Gasteiger partial charge in [0, 0.05) is 6.42 Å². The minimum Gasteiger partial charge on any atom is -0.460 e. The lowest BCUT2D eigenvalue weighted by Crippen LogP contribution is -2.62. The van der Waals surface area contributed by atoms with Gasteiger partial charge in [-0.3, -0.25) is 4.79 Å². The van der Waals surface area contributed by atoms with Gasteiger partial charge in [-0.1, -0.05) is 0 Å². The molecule has 2 bridgehead atoms. The second kappa shape index (κ2) is 3.56. The fraction of sp³-hybridized carbons (Fsp3) is 0.857. The van der Waals surface area contributed by atoms with E-state index in [1.54, 1.807) is 6.92 Å². The molecule has 3 aliphatic carbocycles. The lowest BCUT2D eigenvalue weighted by molar-refractivity contribution is -0.218. The van der Waals surface area contributed by atoms with Crippen molar-refractivity contribution in [2.24, 2.45) is 10.8 Å². The highest BCUT2D eigenvalue weighted by Gasteiger charge is 2.67. The molecule has 0 atom stereocenters. The van der Waals surface area contributed by atoms with Gasteiger partial charge in [-0.2, -0.15) is 0 Å². The lowest BCUT2D eigenvalue weighted by Gasteiger charge is -2.70. The summed E-state index contributed by atoms with van der Waals surface area (Å²) in [5, 5.41) is 0. The van der Waals surface area contributed by atoms with Gasteiger partial charge in [-0.05, 0) is 57.8 Å². The number of Topliss-reactive ketones (excluding diaryl/α,β-unsaturated/α-hetero) is 1. The van der Waals surface area contributed by atoms with Crippen molar-refractivity contribution in [2.45, 2.75) is 65.4 Å². The number of ether oxygens (including phenoxy) is 1. The maximum absolute atomic E-state index is 11.7. The fourth-order valence-corrected chi connectivity index (χ4v) is 3.82. The van der Waals surface area contributed by atoms with Gasteiger partial charge in [0.05, 0.1) is 6.42 Å². The van der Waals surface area contributed by atoms with Crippen LogP contribution in [0, 0.1) is 10.8 Å².